The molecule has 0 radical (unpaired) electrons. The van der Waals surface area contributed by atoms with E-state index in [1.807, 2.05) is 57.2 Å². The van der Waals surface area contributed by atoms with Gasteiger partial charge in [0, 0.05) is 74.8 Å². The smallest absolute Gasteiger partial charge is 0.394 e. The number of carbonyl (C=O) groups is 5. The van der Waals surface area contributed by atoms with Crippen LogP contribution >= 0.6 is 81.0 Å². The van der Waals surface area contributed by atoms with Crippen molar-refractivity contribution >= 4 is 121 Å². The molecule has 6 bridgehead atoms. The number of ether oxygens (including phenoxy) is 2. The van der Waals surface area contributed by atoms with E-state index in [-0.39, 0.29) is 126 Å². The quantitative estimate of drug-likeness (QED) is 0.122. The molecule has 14 nitrogen and oxygen atoms in total. The van der Waals surface area contributed by atoms with Gasteiger partial charge in [-0.3, -0.25) is 34.0 Å². The summed E-state index contributed by atoms with van der Waals surface area (Å²) < 4.78 is 58.0. The van der Waals surface area contributed by atoms with E-state index < -0.39 is 71.2 Å². The van der Waals surface area contributed by atoms with Crippen molar-refractivity contribution in [3.63, 3.8) is 0 Å². The molecule has 412 valence electrons. The summed E-state index contributed by atoms with van der Waals surface area (Å²) in [6.07, 6.45) is -1.06. The molecule has 0 spiro atoms. The minimum atomic E-state index is -4.91. The largest absolute Gasteiger partial charge is 0.464 e. The molecule has 2 N–H and O–H groups in total. The Morgan fingerprint density at radius 1 is 1.00 bits per heavy atom. The van der Waals surface area contributed by atoms with Gasteiger partial charge in [0.05, 0.1) is 35.9 Å². The number of methoxy groups -OCH3 is 1. The molecule has 0 aliphatic carbocycles. The van der Waals surface area contributed by atoms with Crippen molar-refractivity contribution in [3.8, 4) is 22.4 Å². The highest BCUT2D eigenvalue weighted by molar-refractivity contribution is 7.60. The predicted octanol–water partition coefficient (Wildman–Crippen LogP) is 7.48. The van der Waals surface area contributed by atoms with Crippen molar-refractivity contribution < 1.29 is 46.6 Å². The van der Waals surface area contributed by atoms with E-state index in [9.17, 15) is 37.1 Å². The van der Waals surface area contributed by atoms with Gasteiger partial charge in [-0.1, -0.05) is 57.7 Å². The number of likely N-dealkylation sites (tertiary alicyclic amines) is 1. The molecule has 4 aromatic rings. The Balaban J connectivity index is 0.00000456. The molecule has 2 aromatic carbocycles. The number of hydrogen-bond donors (Lipinski definition) is 2. The maximum Gasteiger partial charge on any atom is 0.394 e. The summed E-state index contributed by atoms with van der Waals surface area (Å²) in [4.78, 5) is 76.1. The Labute approximate surface area is 474 Å². The van der Waals surface area contributed by atoms with Crippen molar-refractivity contribution in [1.29, 1.82) is 0 Å². The lowest BCUT2D eigenvalue weighted by Gasteiger charge is -2.37. The van der Waals surface area contributed by atoms with Crippen molar-refractivity contribution in [2.24, 2.45) is 17.3 Å². The zero-order valence-corrected chi connectivity index (χ0v) is 48.8. The second-order valence-corrected chi connectivity index (χ2v) is 19.0. The number of nitrogens with one attached hydrogen (secondary N) is 2. The number of aryl methyl sites for hydroxylation is 1. The number of hydrazine groups is 1. The molecule has 1 unspecified atom stereocenters. The number of halogens is 3. The van der Waals surface area contributed by atoms with Crippen molar-refractivity contribution in [3.05, 3.63) is 90.3 Å². The number of amides is 4. The number of hydrogen-bond acceptors (Lipinski definition) is 9. The fraction of sp³-hybridized carbons (Fsp3) is 0.490. The van der Waals surface area contributed by atoms with E-state index >= 15 is 0 Å². The maximum atomic E-state index is 14.7. The lowest BCUT2D eigenvalue weighted by molar-refractivity contribution is -0.190. The van der Waals surface area contributed by atoms with E-state index in [0.717, 1.165) is 69.5 Å². The first-order chi connectivity index (χ1) is 32.3. The number of esters is 1. The minimum Gasteiger partial charge on any atom is -0.464 e. The molecule has 7 rings (SSSR count). The lowest BCUT2D eigenvalue weighted by atomic mass is 9.84. The number of rotatable bonds is 10. The number of pyridine rings is 1. The number of fused-ring (bicyclic) bond motifs is 6. The van der Waals surface area contributed by atoms with E-state index in [1.54, 1.807) is 19.4 Å². The molecule has 2 aromatic heterocycles. The summed E-state index contributed by atoms with van der Waals surface area (Å²) in [5, 5.41) is 4.84. The molecule has 4 amide bonds. The SMILES string of the molecule is C=CC(=O)N1CC[C@H](C(=O)N(C)[C@H](C(=O)N[C@H]2Cc3cccc(c3)-c3ccc4c(c3)c(c(-c3cccnc3[C@H](C)OC)n4CC)CC(C)(C)COC(=O)[C@@H]3CCCN(N3)C2=O)C(C)C(F)(F)F)C1.S.S.S.S.S.S. The van der Waals surface area contributed by atoms with Gasteiger partial charge >= 0.3 is 12.1 Å². The standard InChI is InChI=1S/C51H62F3N7O7.6H2S/c1-9-42(62)59-23-20-35(28-59)47(64)58(7)44(30(3)51(52,53)54)46(63)56-40-25-32-14-11-15-33(24-32)34-18-19-41-37(26-34)38(45(60(41)10-2)36-16-12-21-55-43(36)31(4)67-8)27-50(5,6)29-68-49(66)39-17-13-22-61(57-39)48(40)65;;;;;;/h9,11-12,14-16,18-19,21,24,26,30-31,35,39-40,44,57H,1,10,13,17,20,22-23,25,27-29H2,2-8H3,(H,56,63);6*1H2/t30?,31-,35-,39-,40-,44-;;;;;;/m0....../s1. The molecule has 2 saturated heterocycles. The number of cyclic esters (lactones) is 1. The van der Waals surface area contributed by atoms with Crippen molar-refractivity contribution in [2.75, 3.05) is 40.4 Å². The summed E-state index contributed by atoms with van der Waals surface area (Å²) >= 11 is 0. The summed E-state index contributed by atoms with van der Waals surface area (Å²) in [5.74, 6) is -6.78. The normalized spacial score (nSPS) is 19.6. The Bertz CT molecular complexity index is 2610. The first-order valence-electron chi connectivity index (χ1n) is 23.3. The molecule has 23 heteroatoms. The third kappa shape index (κ3) is 14.7. The van der Waals surface area contributed by atoms with Crippen LogP contribution < -0.4 is 10.7 Å². The highest BCUT2D eigenvalue weighted by Crippen LogP contribution is 2.42. The van der Waals surface area contributed by atoms with E-state index in [4.69, 9.17) is 14.5 Å². The molecule has 6 atom stereocenters. The Morgan fingerprint density at radius 2 is 1.69 bits per heavy atom. The van der Waals surface area contributed by atoms with Gasteiger partial charge in [-0.2, -0.15) is 94.1 Å². The summed E-state index contributed by atoms with van der Waals surface area (Å²) in [6, 6.07) is 13.2. The van der Waals surface area contributed by atoms with Gasteiger partial charge in [0.25, 0.3) is 5.91 Å². The maximum absolute atomic E-state index is 14.7. The van der Waals surface area contributed by atoms with Crippen LogP contribution in [0.2, 0.25) is 0 Å². The van der Waals surface area contributed by atoms with Gasteiger partial charge in [-0.15, -0.1) is 0 Å². The van der Waals surface area contributed by atoms with Crippen LogP contribution in [-0.2, 0) is 52.8 Å². The average molecular weight is 1150 g/mol. The summed E-state index contributed by atoms with van der Waals surface area (Å²) in [6.45, 7) is 13.4. The van der Waals surface area contributed by atoms with Gasteiger partial charge in [0.2, 0.25) is 17.7 Å². The molecule has 3 aliphatic heterocycles. The van der Waals surface area contributed by atoms with Crippen LogP contribution in [0.25, 0.3) is 33.3 Å². The van der Waals surface area contributed by atoms with Crippen LogP contribution in [0.4, 0.5) is 13.2 Å². The van der Waals surface area contributed by atoms with Crippen LogP contribution in [0.3, 0.4) is 0 Å². The molecule has 2 fully saturated rings. The molecule has 3 aliphatic rings. The van der Waals surface area contributed by atoms with Crippen LogP contribution in [0.5, 0.6) is 0 Å². The Hall–Kier alpha value is -3.97. The zero-order valence-electron chi connectivity index (χ0n) is 42.8. The number of aromatic nitrogens is 2. The van der Waals surface area contributed by atoms with Crippen molar-refractivity contribution in [1.82, 2.24) is 35.1 Å². The van der Waals surface area contributed by atoms with Gasteiger partial charge in [-0.05, 0) is 92.1 Å². The van der Waals surface area contributed by atoms with E-state index in [0.29, 0.717) is 31.4 Å². The first-order valence-corrected chi connectivity index (χ1v) is 23.3. The van der Waals surface area contributed by atoms with Gasteiger partial charge in [0.1, 0.15) is 18.1 Å². The average Bonchev–Trinajstić information content (AvgIpc) is 3.94. The van der Waals surface area contributed by atoms with Crippen LogP contribution in [0.15, 0.2) is 73.4 Å². The van der Waals surface area contributed by atoms with Crippen LogP contribution in [0, 0.1) is 17.3 Å². The van der Waals surface area contributed by atoms with Crippen LogP contribution in [-0.4, -0.2) is 119 Å². The highest BCUT2D eigenvalue weighted by Gasteiger charge is 2.49. The minimum absolute atomic E-state index is 0. The monoisotopic (exact) mass is 1150 g/mol. The topological polar surface area (TPSA) is 155 Å². The first kappa shape index (κ1) is 68.0. The lowest BCUT2D eigenvalue weighted by Crippen LogP contribution is -2.63. The number of alkyl halides is 3. The van der Waals surface area contributed by atoms with E-state index in [2.05, 4.69) is 40.9 Å². The summed E-state index contributed by atoms with van der Waals surface area (Å²) in [7, 11) is 2.79. The molecular weight excluding hydrogens is 1070 g/mol. The summed E-state index contributed by atoms with van der Waals surface area (Å²) in [5.41, 5.74) is 9.37. The zero-order chi connectivity index (χ0) is 49.2. The highest BCUT2D eigenvalue weighted by atomic mass is 32.1. The van der Waals surface area contributed by atoms with Crippen molar-refractivity contribution in [2.45, 2.75) is 104 Å². The van der Waals surface area contributed by atoms with Gasteiger partial charge in [0.15, 0.2) is 0 Å². The molecular formula is C51H74F3N7O7S6. The number of nitrogens with zero attached hydrogens (tertiary/aromatic N) is 5. The van der Waals surface area contributed by atoms with Gasteiger partial charge in [-0.25, -0.2) is 5.43 Å². The van der Waals surface area contributed by atoms with Crippen LogP contribution in [0.1, 0.15) is 76.8 Å². The second-order valence-electron chi connectivity index (χ2n) is 19.0. The van der Waals surface area contributed by atoms with Gasteiger partial charge < -0.3 is 29.2 Å². The second kappa shape index (κ2) is 28.4. The fourth-order valence-corrected chi connectivity index (χ4v) is 9.88. The number of carbonyl (C=O) groups excluding carboxylic acids is 5. The molecule has 0 saturated carbocycles. The Kier molecular flexibility index (Phi) is 26.1. The number of benzene rings is 2. The third-order valence-electron chi connectivity index (χ3n) is 13.7. The van der Waals surface area contributed by atoms with E-state index in [1.165, 1.54) is 9.91 Å². The molecule has 5 heterocycles. The molecule has 74 heavy (non-hydrogen) atoms. The third-order valence-corrected chi connectivity index (χ3v) is 13.7. The Morgan fingerprint density at radius 3 is 2.34 bits per heavy atom. The number of likely N-dealkylation sites (N-methyl/N-ethyl adjacent to an activating group) is 1. The predicted molar refractivity (Wildman–Crippen MR) is 313 cm³/mol. The fourth-order valence-electron chi connectivity index (χ4n) is 9.88.